The zero-order valence-electron chi connectivity index (χ0n) is 17.3. The molecule has 0 heterocycles. The van der Waals surface area contributed by atoms with Gasteiger partial charge in [-0.05, 0) is 30.6 Å². The summed E-state index contributed by atoms with van der Waals surface area (Å²) >= 11 is 0. The molecular formula is C23H48. The largest absolute Gasteiger partial charge is 0.0654 e. The van der Waals surface area contributed by atoms with E-state index in [1.54, 1.807) is 0 Å². The molecule has 0 saturated heterocycles. The summed E-state index contributed by atoms with van der Waals surface area (Å²) in [5.74, 6) is 2.96. The summed E-state index contributed by atoms with van der Waals surface area (Å²) < 4.78 is 0. The molecule has 0 rings (SSSR count). The van der Waals surface area contributed by atoms with Crippen molar-refractivity contribution in [2.45, 2.75) is 131 Å². The van der Waals surface area contributed by atoms with Crippen LogP contribution in [0.1, 0.15) is 131 Å². The van der Waals surface area contributed by atoms with Crippen LogP contribution in [0, 0.1) is 17.8 Å². The lowest BCUT2D eigenvalue weighted by Gasteiger charge is -2.25. The van der Waals surface area contributed by atoms with E-state index in [-0.39, 0.29) is 0 Å². The maximum Gasteiger partial charge on any atom is -0.0412 e. The Kier molecular flexibility index (Phi) is 16.8. The second-order valence-corrected chi connectivity index (χ2v) is 8.23. The van der Waals surface area contributed by atoms with Crippen molar-refractivity contribution < 1.29 is 0 Å². The van der Waals surface area contributed by atoms with E-state index in [4.69, 9.17) is 0 Å². The van der Waals surface area contributed by atoms with Gasteiger partial charge in [0.15, 0.2) is 0 Å². The quantitative estimate of drug-likeness (QED) is 0.234. The molecule has 0 amide bonds. The highest BCUT2D eigenvalue weighted by molar-refractivity contribution is 4.69. The van der Waals surface area contributed by atoms with Gasteiger partial charge in [-0.15, -0.1) is 0 Å². The summed E-state index contributed by atoms with van der Waals surface area (Å²) in [5.41, 5.74) is 0. The van der Waals surface area contributed by atoms with E-state index in [9.17, 15) is 0 Å². The second-order valence-electron chi connectivity index (χ2n) is 8.23. The van der Waals surface area contributed by atoms with Gasteiger partial charge in [0.1, 0.15) is 0 Å². The molecule has 0 aromatic rings. The molecule has 0 aliphatic rings. The maximum atomic E-state index is 2.55. The number of hydrogen-bond acceptors (Lipinski definition) is 0. The highest BCUT2D eigenvalue weighted by atomic mass is 14.2. The molecular weight excluding hydrogens is 276 g/mol. The van der Waals surface area contributed by atoms with Crippen LogP contribution in [-0.2, 0) is 0 Å². The Morgan fingerprint density at radius 1 is 0.478 bits per heavy atom. The standard InChI is InChI=1S/C23H48/c1-6-10-14-18-23(17-13-9-4)20-21(5)19-22(15-11-7-2)16-12-8-3/h21-23H,6-20H2,1-5H3. The lowest BCUT2D eigenvalue weighted by atomic mass is 9.81. The van der Waals surface area contributed by atoms with Crippen LogP contribution in [0.4, 0.5) is 0 Å². The first-order chi connectivity index (χ1) is 11.2. The molecule has 23 heavy (non-hydrogen) atoms. The Hall–Kier alpha value is 0. The van der Waals surface area contributed by atoms with Gasteiger partial charge in [0.2, 0.25) is 0 Å². The Balaban J connectivity index is 4.27. The predicted molar refractivity (Wildman–Crippen MR) is 108 cm³/mol. The topological polar surface area (TPSA) is 0 Å². The monoisotopic (exact) mass is 324 g/mol. The van der Waals surface area contributed by atoms with Crippen LogP contribution < -0.4 is 0 Å². The molecule has 0 heteroatoms. The second kappa shape index (κ2) is 16.8. The third-order valence-electron chi connectivity index (χ3n) is 5.59. The lowest BCUT2D eigenvalue weighted by Crippen LogP contribution is -2.12. The van der Waals surface area contributed by atoms with E-state index < -0.39 is 0 Å². The fraction of sp³-hybridized carbons (Fsp3) is 1.00. The van der Waals surface area contributed by atoms with Crippen LogP contribution in [0.15, 0.2) is 0 Å². The van der Waals surface area contributed by atoms with Crippen LogP contribution in [0.3, 0.4) is 0 Å². The van der Waals surface area contributed by atoms with Gasteiger partial charge in [0.05, 0.1) is 0 Å². The predicted octanol–water partition coefficient (Wildman–Crippen LogP) is 8.79. The molecule has 140 valence electrons. The van der Waals surface area contributed by atoms with Crippen LogP contribution in [0.25, 0.3) is 0 Å². The maximum absolute atomic E-state index is 2.55. The summed E-state index contributed by atoms with van der Waals surface area (Å²) in [4.78, 5) is 0. The first kappa shape index (κ1) is 23.0. The van der Waals surface area contributed by atoms with Crippen molar-refractivity contribution in [2.24, 2.45) is 17.8 Å². The molecule has 0 saturated carbocycles. The van der Waals surface area contributed by atoms with Gasteiger partial charge in [0, 0.05) is 0 Å². The molecule has 0 bridgehead atoms. The van der Waals surface area contributed by atoms with Crippen molar-refractivity contribution in [1.29, 1.82) is 0 Å². The smallest absolute Gasteiger partial charge is 0.0412 e. The van der Waals surface area contributed by atoms with Crippen molar-refractivity contribution in [2.75, 3.05) is 0 Å². The molecule has 2 unspecified atom stereocenters. The average molecular weight is 325 g/mol. The molecule has 0 radical (unpaired) electrons. The zero-order valence-corrected chi connectivity index (χ0v) is 17.3. The first-order valence-electron chi connectivity index (χ1n) is 11.2. The van der Waals surface area contributed by atoms with Crippen LogP contribution >= 0.6 is 0 Å². The van der Waals surface area contributed by atoms with E-state index >= 15 is 0 Å². The van der Waals surface area contributed by atoms with Gasteiger partial charge >= 0.3 is 0 Å². The van der Waals surface area contributed by atoms with Gasteiger partial charge in [-0.2, -0.15) is 0 Å². The molecule has 0 nitrogen and oxygen atoms in total. The van der Waals surface area contributed by atoms with Crippen LogP contribution in [-0.4, -0.2) is 0 Å². The summed E-state index contributed by atoms with van der Waals surface area (Å²) in [6.07, 6.45) is 21.6. The number of rotatable bonds is 17. The van der Waals surface area contributed by atoms with Gasteiger partial charge in [-0.3, -0.25) is 0 Å². The first-order valence-corrected chi connectivity index (χ1v) is 11.2. The number of hydrogen-bond donors (Lipinski definition) is 0. The third kappa shape index (κ3) is 14.1. The zero-order chi connectivity index (χ0) is 17.3. The van der Waals surface area contributed by atoms with E-state index in [0.717, 1.165) is 17.8 Å². The fourth-order valence-corrected chi connectivity index (χ4v) is 4.16. The Morgan fingerprint density at radius 3 is 1.17 bits per heavy atom. The minimum Gasteiger partial charge on any atom is -0.0654 e. The van der Waals surface area contributed by atoms with Crippen molar-refractivity contribution in [3.8, 4) is 0 Å². The van der Waals surface area contributed by atoms with Crippen molar-refractivity contribution in [3.63, 3.8) is 0 Å². The Labute approximate surface area is 149 Å². The Morgan fingerprint density at radius 2 is 0.826 bits per heavy atom. The van der Waals surface area contributed by atoms with Crippen LogP contribution in [0.5, 0.6) is 0 Å². The molecule has 0 N–H and O–H groups in total. The minimum atomic E-state index is 0.942. The summed E-state index contributed by atoms with van der Waals surface area (Å²) in [6.45, 7) is 11.9. The normalized spacial score (nSPS) is 14.3. The van der Waals surface area contributed by atoms with Crippen molar-refractivity contribution >= 4 is 0 Å². The molecule has 0 fully saturated rings. The molecule has 0 aromatic heterocycles. The molecule has 0 aromatic carbocycles. The van der Waals surface area contributed by atoms with Gasteiger partial charge in [0.25, 0.3) is 0 Å². The van der Waals surface area contributed by atoms with E-state index in [1.165, 1.54) is 96.3 Å². The molecule has 0 aliphatic carbocycles. The highest BCUT2D eigenvalue weighted by Gasteiger charge is 2.17. The van der Waals surface area contributed by atoms with Gasteiger partial charge in [-0.25, -0.2) is 0 Å². The number of unbranched alkanes of at least 4 members (excludes halogenated alkanes) is 5. The van der Waals surface area contributed by atoms with Crippen molar-refractivity contribution in [1.82, 2.24) is 0 Å². The molecule has 0 spiro atoms. The minimum absolute atomic E-state index is 0.942. The van der Waals surface area contributed by atoms with Crippen LogP contribution in [0.2, 0.25) is 0 Å². The summed E-state index contributed by atoms with van der Waals surface area (Å²) in [5, 5.41) is 0. The van der Waals surface area contributed by atoms with E-state index in [0.29, 0.717) is 0 Å². The lowest BCUT2D eigenvalue weighted by molar-refractivity contribution is 0.271. The SMILES string of the molecule is CCCCCC(CCCC)CC(C)CC(CCCC)CCCC. The third-order valence-corrected chi connectivity index (χ3v) is 5.59. The van der Waals surface area contributed by atoms with Gasteiger partial charge in [-0.1, -0.05) is 118 Å². The van der Waals surface area contributed by atoms with Gasteiger partial charge < -0.3 is 0 Å². The average Bonchev–Trinajstić information content (AvgIpc) is 2.55. The summed E-state index contributed by atoms with van der Waals surface area (Å²) in [6, 6.07) is 0. The van der Waals surface area contributed by atoms with E-state index in [2.05, 4.69) is 34.6 Å². The highest BCUT2D eigenvalue weighted by Crippen LogP contribution is 2.30. The van der Waals surface area contributed by atoms with E-state index in [1.807, 2.05) is 0 Å². The Bertz CT molecular complexity index is 212. The summed E-state index contributed by atoms with van der Waals surface area (Å²) in [7, 11) is 0. The molecule has 0 aliphatic heterocycles. The fourth-order valence-electron chi connectivity index (χ4n) is 4.16. The van der Waals surface area contributed by atoms with Crippen molar-refractivity contribution in [3.05, 3.63) is 0 Å². The molecule has 2 atom stereocenters.